The second-order valence-electron chi connectivity index (χ2n) is 3.71. The molecular formula is C11H14ClF. The molecule has 0 radical (unpaired) electrons. The lowest BCUT2D eigenvalue weighted by atomic mass is 9.90. The van der Waals surface area contributed by atoms with Crippen molar-refractivity contribution in [1.29, 1.82) is 0 Å². The number of rotatable bonds is 2. The Morgan fingerprint density at radius 1 is 1.23 bits per heavy atom. The molecule has 0 aliphatic rings. The lowest BCUT2D eigenvalue weighted by Gasteiger charge is -2.15. The smallest absolute Gasteiger partial charge is 0.141 e. The normalized spacial score (nSPS) is 13.4. The Morgan fingerprint density at radius 2 is 1.85 bits per heavy atom. The lowest BCUT2D eigenvalue weighted by Crippen LogP contribution is -2.01. The van der Waals surface area contributed by atoms with Gasteiger partial charge in [0.2, 0.25) is 0 Å². The van der Waals surface area contributed by atoms with Crippen LogP contribution < -0.4 is 0 Å². The summed E-state index contributed by atoms with van der Waals surface area (Å²) < 4.78 is 12.8. The Hall–Kier alpha value is -0.560. The van der Waals surface area contributed by atoms with Crippen LogP contribution in [0.3, 0.4) is 0 Å². The zero-order valence-corrected chi connectivity index (χ0v) is 8.90. The third-order valence-electron chi connectivity index (χ3n) is 2.47. The minimum Gasteiger partial charge on any atom is -0.205 e. The Kier molecular flexibility index (Phi) is 3.32. The van der Waals surface area contributed by atoms with E-state index in [9.17, 15) is 4.39 Å². The van der Waals surface area contributed by atoms with Gasteiger partial charge in [0, 0.05) is 0 Å². The molecule has 72 valence electrons. The van der Waals surface area contributed by atoms with Crippen LogP contribution in [0.1, 0.15) is 32.3 Å². The Morgan fingerprint density at radius 3 is 2.31 bits per heavy atom. The van der Waals surface area contributed by atoms with E-state index in [-0.39, 0.29) is 10.8 Å². The molecule has 2 heteroatoms. The first-order chi connectivity index (χ1) is 6.02. The summed E-state index contributed by atoms with van der Waals surface area (Å²) in [6.45, 7) is 6.40. The van der Waals surface area contributed by atoms with Crippen molar-refractivity contribution in [2.24, 2.45) is 5.92 Å². The zero-order valence-electron chi connectivity index (χ0n) is 8.14. The fourth-order valence-electron chi connectivity index (χ4n) is 1.18. The Labute approximate surface area is 83.7 Å². The number of benzene rings is 1. The molecule has 0 nitrogen and oxygen atoms in total. The Balaban J connectivity index is 2.97. The molecule has 1 rings (SSSR count). The van der Waals surface area contributed by atoms with Crippen molar-refractivity contribution >= 4 is 11.6 Å². The molecule has 13 heavy (non-hydrogen) atoms. The molecule has 0 fully saturated rings. The summed E-state index contributed by atoms with van der Waals surface area (Å²) in [5.41, 5.74) is 1.10. The van der Waals surface area contributed by atoms with Crippen LogP contribution in [0.5, 0.6) is 0 Å². The number of hydrogen-bond donors (Lipinski definition) is 0. The zero-order chi connectivity index (χ0) is 10.0. The number of hydrogen-bond acceptors (Lipinski definition) is 0. The predicted molar refractivity (Wildman–Crippen MR) is 54.7 cm³/mol. The van der Waals surface area contributed by atoms with Crippen molar-refractivity contribution in [2.75, 3.05) is 0 Å². The summed E-state index contributed by atoms with van der Waals surface area (Å²) in [6.07, 6.45) is 0. The highest BCUT2D eigenvalue weighted by Gasteiger charge is 2.11. The van der Waals surface area contributed by atoms with E-state index in [0.717, 1.165) is 5.56 Å². The highest BCUT2D eigenvalue weighted by Crippen LogP contribution is 2.26. The van der Waals surface area contributed by atoms with Gasteiger partial charge < -0.3 is 0 Å². The van der Waals surface area contributed by atoms with Crippen molar-refractivity contribution in [1.82, 2.24) is 0 Å². The van der Waals surface area contributed by atoms with E-state index < -0.39 is 0 Å². The van der Waals surface area contributed by atoms with E-state index in [1.54, 1.807) is 12.1 Å². The molecule has 0 aliphatic heterocycles. The van der Waals surface area contributed by atoms with Crippen LogP contribution >= 0.6 is 11.6 Å². The molecule has 0 aromatic heterocycles. The van der Waals surface area contributed by atoms with Gasteiger partial charge in [0.15, 0.2) is 0 Å². The van der Waals surface area contributed by atoms with E-state index in [4.69, 9.17) is 11.6 Å². The predicted octanol–water partition coefficient (Wildman–Crippen LogP) is 4.24. The fraction of sp³-hybridized carbons (Fsp3) is 0.455. The molecule has 0 saturated carbocycles. The largest absolute Gasteiger partial charge is 0.205 e. The summed E-state index contributed by atoms with van der Waals surface area (Å²) >= 11 is 5.69. The highest BCUT2D eigenvalue weighted by atomic mass is 35.5. The van der Waals surface area contributed by atoms with Gasteiger partial charge in [-0.1, -0.05) is 38.4 Å². The van der Waals surface area contributed by atoms with E-state index in [1.165, 1.54) is 6.07 Å². The van der Waals surface area contributed by atoms with E-state index >= 15 is 0 Å². The van der Waals surface area contributed by atoms with Gasteiger partial charge in [0.25, 0.3) is 0 Å². The third-order valence-corrected chi connectivity index (χ3v) is 2.76. The van der Waals surface area contributed by atoms with Crippen molar-refractivity contribution in [3.63, 3.8) is 0 Å². The minimum absolute atomic E-state index is 0.213. The van der Waals surface area contributed by atoms with Gasteiger partial charge in [-0.2, -0.15) is 0 Å². The van der Waals surface area contributed by atoms with Gasteiger partial charge in [0.05, 0.1) is 5.02 Å². The topological polar surface area (TPSA) is 0 Å². The van der Waals surface area contributed by atoms with Gasteiger partial charge in [-0.15, -0.1) is 0 Å². The van der Waals surface area contributed by atoms with Gasteiger partial charge in [0.1, 0.15) is 5.82 Å². The maximum Gasteiger partial charge on any atom is 0.141 e. The molecule has 0 amide bonds. The molecule has 0 bridgehead atoms. The molecule has 0 spiro atoms. The summed E-state index contributed by atoms with van der Waals surface area (Å²) in [7, 11) is 0. The molecule has 0 heterocycles. The van der Waals surface area contributed by atoms with Crippen LogP contribution in [0.15, 0.2) is 18.2 Å². The first-order valence-corrected chi connectivity index (χ1v) is 4.85. The monoisotopic (exact) mass is 200 g/mol. The fourth-order valence-corrected chi connectivity index (χ4v) is 1.37. The first kappa shape index (κ1) is 10.5. The van der Waals surface area contributed by atoms with Crippen LogP contribution in [-0.4, -0.2) is 0 Å². The average Bonchev–Trinajstić information content (AvgIpc) is 2.08. The highest BCUT2D eigenvalue weighted by molar-refractivity contribution is 6.30. The van der Waals surface area contributed by atoms with Crippen molar-refractivity contribution in [2.45, 2.75) is 26.7 Å². The van der Waals surface area contributed by atoms with Gasteiger partial charge >= 0.3 is 0 Å². The molecule has 1 aromatic carbocycles. The minimum atomic E-state index is -0.346. The van der Waals surface area contributed by atoms with E-state index in [0.29, 0.717) is 11.8 Å². The van der Waals surface area contributed by atoms with Gasteiger partial charge in [-0.05, 0) is 29.5 Å². The summed E-state index contributed by atoms with van der Waals surface area (Å²) in [4.78, 5) is 0. The first-order valence-electron chi connectivity index (χ1n) is 4.47. The molecule has 1 atom stereocenters. The molecule has 0 saturated heterocycles. The number of halogens is 2. The SMILES string of the molecule is CC(C)[C@H](C)c1ccc(F)c(Cl)c1. The van der Waals surface area contributed by atoms with Crippen molar-refractivity contribution < 1.29 is 4.39 Å². The van der Waals surface area contributed by atoms with Gasteiger partial charge in [-0.25, -0.2) is 4.39 Å². The second kappa shape index (κ2) is 4.10. The average molecular weight is 201 g/mol. The quantitative estimate of drug-likeness (QED) is 0.670. The molecular weight excluding hydrogens is 187 g/mol. The third kappa shape index (κ3) is 2.44. The second-order valence-corrected chi connectivity index (χ2v) is 4.11. The van der Waals surface area contributed by atoms with Crippen LogP contribution in [0, 0.1) is 11.7 Å². The lowest BCUT2D eigenvalue weighted by molar-refractivity contribution is 0.533. The van der Waals surface area contributed by atoms with Crippen LogP contribution in [0.25, 0.3) is 0 Å². The molecule has 0 unspecified atom stereocenters. The van der Waals surface area contributed by atoms with Crippen LogP contribution in [0.2, 0.25) is 5.02 Å². The molecule has 0 aliphatic carbocycles. The standard InChI is InChI=1S/C11H14ClF/c1-7(2)8(3)9-4-5-11(13)10(12)6-9/h4-8H,1-3H3/t8-/m0/s1. The maximum absolute atomic E-state index is 12.8. The maximum atomic E-state index is 12.8. The molecule has 1 aromatic rings. The van der Waals surface area contributed by atoms with Gasteiger partial charge in [-0.3, -0.25) is 0 Å². The van der Waals surface area contributed by atoms with Crippen molar-refractivity contribution in [3.05, 3.63) is 34.6 Å². The van der Waals surface area contributed by atoms with Crippen molar-refractivity contribution in [3.8, 4) is 0 Å². The van der Waals surface area contributed by atoms with E-state index in [1.807, 2.05) is 0 Å². The summed E-state index contributed by atoms with van der Waals surface area (Å²) in [5.74, 6) is 0.612. The Bertz CT molecular complexity index is 294. The summed E-state index contributed by atoms with van der Waals surface area (Å²) in [5, 5.41) is 0.213. The summed E-state index contributed by atoms with van der Waals surface area (Å²) in [6, 6.07) is 4.93. The van der Waals surface area contributed by atoms with Crippen LogP contribution in [0.4, 0.5) is 4.39 Å². The molecule has 0 N–H and O–H groups in total. The van der Waals surface area contributed by atoms with E-state index in [2.05, 4.69) is 20.8 Å². The van der Waals surface area contributed by atoms with Crippen LogP contribution in [-0.2, 0) is 0 Å².